The second-order valence-corrected chi connectivity index (χ2v) is 4.28. The molecule has 0 aliphatic carbocycles. The lowest BCUT2D eigenvalue weighted by atomic mass is 10.1. The van der Waals surface area contributed by atoms with Gasteiger partial charge in [-0.25, -0.2) is 0 Å². The van der Waals surface area contributed by atoms with E-state index in [2.05, 4.69) is 15.5 Å². The molecule has 1 aliphatic heterocycles. The molecule has 0 saturated carbocycles. The molecular weight excluding hydrogens is 277 g/mol. The maximum atomic E-state index is 11.6. The quantitative estimate of drug-likeness (QED) is 0.702. The van der Waals surface area contributed by atoms with Crippen LogP contribution >= 0.6 is 24.8 Å². The molecule has 0 bridgehead atoms. The second-order valence-electron chi connectivity index (χ2n) is 4.28. The lowest BCUT2D eigenvalue weighted by molar-refractivity contribution is -0.124. The maximum absolute atomic E-state index is 11.6. The summed E-state index contributed by atoms with van der Waals surface area (Å²) in [5, 5.41) is 6.16. The van der Waals surface area contributed by atoms with Crippen LogP contribution in [0, 0.1) is 5.92 Å². The summed E-state index contributed by atoms with van der Waals surface area (Å²) in [6, 6.07) is 0. The molecule has 0 aromatic heterocycles. The van der Waals surface area contributed by atoms with Gasteiger partial charge in [0.2, 0.25) is 5.91 Å². The van der Waals surface area contributed by atoms with Crippen molar-refractivity contribution in [1.29, 1.82) is 0 Å². The van der Waals surface area contributed by atoms with Crippen LogP contribution in [0.2, 0.25) is 0 Å². The Labute approximate surface area is 122 Å². The van der Waals surface area contributed by atoms with Crippen LogP contribution in [0.3, 0.4) is 0 Å². The Morgan fingerprint density at radius 2 is 2.17 bits per heavy atom. The minimum absolute atomic E-state index is 0. The molecule has 0 aromatic rings. The highest BCUT2D eigenvalue weighted by molar-refractivity contribution is 5.85. The van der Waals surface area contributed by atoms with E-state index in [9.17, 15) is 4.79 Å². The van der Waals surface area contributed by atoms with Crippen LogP contribution in [-0.2, 0) is 9.53 Å². The smallest absolute Gasteiger partial charge is 0.224 e. The Bertz CT molecular complexity index is 214. The molecule has 18 heavy (non-hydrogen) atoms. The van der Waals surface area contributed by atoms with Gasteiger partial charge in [-0.15, -0.1) is 24.8 Å². The number of hydrogen-bond donors (Lipinski definition) is 2. The molecule has 1 heterocycles. The van der Waals surface area contributed by atoms with E-state index in [0.717, 1.165) is 45.8 Å². The van der Waals surface area contributed by atoms with Crippen LogP contribution in [0.25, 0.3) is 0 Å². The Hall–Kier alpha value is -0.0700. The van der Waals surface area contributed by atoms with E-state index >= 15 is 0 Å². The lowest BCUT2D eigenvalue weighted by Gasteiger charge is -2.17. The molecule has 5 nitrogen and oxygen atoms in total. The van der Waals surface area contributed by atoms with Gasteiger partial charge in [0.25, 0.3) is 0 Å². The van der Waals surface area contributed by atoms with E-state index in [1.807, 2.05) is 7.05 Å². The lowest BCUT2D eigenvalue weighted by Crippen LogP contribution is -2.37. The van der Waals surface area contributed by atoms with Crippen molar-refractivity contribution in [1.82, 2.24) is 15.5 Å². The number of nitrogens with zero attached hydrogens (tertiary/aromatic N) is 1. The summed E-state index contributed by atoms with van der Waals surface area (Å²) in [6.45, 7) is 5.01. The molecule has 0 spiro atoms. The molecule has 1 amide bonds. The molecule has 1 saturated heterocycles. The number of ether oxygens (including phenoxy) is 1. The normalized spacial score (nSPS) is 18.1. The number of methoxy groups -OCH3 is 1. The summed E-state index contributed by atoms with van der Waals surface area (Å²) in [5.74, 6) is 0.356. The number of carbonyl (C=O) groups excluding carboxylic acids is 1. The van der Waals surface area contributed by atoms with E-state index in [4.69, 9.17) is 4.74 Å². The van der Waals surface area contributed by atoms with Gasteiger partial charge in [-0.1, -0.05) is 0 Å². The zero-order valence-electron chi connectivity index (χ0n) is 11.1. The van der Waals surface area contributed by atoms with Gasteiger partial charge < -0.3 is 20.3 Å². The average Bonchev–Trinajstić information content (AvgIpc) is 2.79. The third-order valence-electron chi connectivity index (χ3n) is 2.90. The van der Waals surface area contributed by atoms with Crippen LogP contribution in [0.5, 0.6) is 0 Å². The first-order chi connectivity index (χ1) is 7.74. The van der Waals surface area contributed by atoms with Crippen molar-refractivity contribution in [3.05, 3.63) is 0 Å². The Balaban J connectivity index is 0. The topological polar surface area (TPSA) is 53.6 Å². The van der Waals surface area contributed by atoms with E-state index in [1.165, 1.54) is 0 Å². The summed E-state index contributed by atoms with van der Waals surface area (Å²) in [6.07, 6.45) is 0.964. The van der Waals surface area contributed by atoms with Gasteiger partial charge in [-0.05, 0) is 20.0 Å². The number of hydrogen-bond acceptors (Lipinski definition) is 4. The van der Waals surface area contributed by atoms with Crippen molar-refractivity contribution >= 4 is 30.7 Å². The van der Waals surface area contributed by atoms with Gasteiger partial charge >= 0.3 is 0 Å². The number of amides is 1. The van der Waals surface area contributed by atoms with Crippen LogP contribution in [0.1, 0.15) is 6.42 Å². The maximum Gasteiger partial charge on any atom is 0.224 e. The fraction of sp³-hybridized carbons (Fsp3) is 0.909. The molecule has 110 valence electrons. The predicted molar refractivity (Wildman–Crippen MR) is 77.9 cm³/mol. The Morgan fingerprint density at radius 3 is 2.72 bits per heavy atom. The SMILES string of the molecule is COCCN(C)CCNC(=O)C1CCNC1.Cl.Cl. The summed E-state index contributed by atoms with van der Waals surface area (Å²) < 4.78 is 4.98. The highest BCUT2D eigenvalue weighted by Crippen LogP contribution is 2.06. The minimum atomic E-state index is 0. The summed E-state index contributed by atoms with van der Waals surface area (Å²) in [7, 11) is 3.73. The molecule has 1 rings (SSSR count). The molecule has 0 aromatic carbocycles. The van der Waals surface area contributed by atoms with Crippen molar-refractivity contribution in [3.8, 4) is 0 Å². The highest BCUT2D eigenvalue weighted by atomic mass is 35.5. The molecule has 1 atom stereocenters. The molecule has 1 aliphatic rings. The van der Waals surface area contributed by atoms with Gasteiger partial charge in [0.15, 0.2) is 0 Å². The van der Waals surface area contributed by atoms with Crippen molar-refractivity contribution in [3.63, 3.8) is 0 Å². The van der Waals surface area contributed by atoms with Crippen molar-refractivity contribution in [2.75, 3.05) is 53.5 Å². The van der Waals surface area contributed by atoms with E-state index in [0.29, 0.717) is 0 Å². The number of nitrogens with one attached hydrogen (secondary N) is 2. The van der Waals surface area contributed by atoms with E-state index in [-0.39, 0.29) is 36.6 Å². The Kier molecular flexibility index (Phi) is 13.5. The molecule has 1 fully saturated rings. The van der Waals surface area contributed by atoms with Gasteiger partial charge in [0, 0.05) is 33.3 Å². The van der Waals surface area contributed by atoms with E-state index < -0.39 is 0 Å². The third-order valence-corrected chi connectivity index (χ3v) is 2.90. The molecular formula is C11H25Cl2N3O2. The Morgan fingerprint density at radius 1 is 1.44 bits per heavy atom. The first-order valence-corrected chi connectivity index (χ1v) is 5.90. The first kappa shape index (κ1) is 20.3. The fourth-order valence-electron chi connectivity index (χ4n) is 1.75. The molecule has 2 N–H and O–H groups in total. The molecule has 0 radical (unpaired) electrons. The van der Waals surface area contributed by atoms with Gasteiger partial charge in [-0.2, -0.15) is 0 Å². The van der Waals surface area contributed by atoms with Crippen molar-refractivity contribution < 1.29 is 9.53 Å². The zero-order chi connectivity index (χ0) is 11.8. The van der Waals surface area contributed by atoms with Crippen LogP contribution < -0.4 is 10.6 Å². The van der Waals surface area contributed by atoms with Gasteiger partial charge in [0.1, 0.15) is 0 Å². The largest absolute Gasteiger partial charge is 0.383 e. The molecule has 7 heteroatoms. The van der Waals surface area contributed by atoms with Gasteiger partial charge in [0.05, 0.1) is 12.5 Å². The summed E-state index contributed by atoms with van der Waals surface area (Å²) in [5.41, 5.74) is 0. The van der Waals surface area contributed by atoms with Crippen molar-refractivity contribution in [2.24, 2.45) is 5.92 Å². The van der Waals surface area contributed by atoms with E-state index in [1.54, 1.807) is 7.11 Å². The van der Waals surface area contributed by atoms with Crippen LogP contribution in [0.15, 0.2) is 0 Å². The summed E-state index contributed by atoms with van der Waals surface area (Å²) >= 11 is 0. The predicted octanol–water partition coefficient (Wildman–Crippen LogP) is 0.134. The number of halogens is 2. The third kappa shape index (κ3) is 8.11. The van der Waals surface area contributed by atoms with Crippen LogP contribution in [0.4, 0.5) is 0 Å². The number of carbonyl (C=O) groups is 1. The first-order valence-electron chi connectivity index (χ1n) is 5.90. The minimum Gasteiger partial charge on any atom is -0.383 e. The second kappa shape index (κ2) is 12.0. The highest BCUT2D eigenvalue weighted by Gasteiger charge is 2.21. The van der Waals surface area contributed by atoms with Crippen LogP contribution in [-0.4, -0.2) is 64.3 Å². The number of rotatable bonds is 7. The van der Waals surface area contributed by atoms with Gasteiger partial charge in [-0.3, -0.25) is 4.79 Å². The average molecular weight is 302 g/mol. The monoisotopic (exact) mass is 301 g/mol. The summed E-state index contributed by atoms with van der Waals surface area (Å²) in [4.78, 5) is 13.8. The van der Waals surface area contributed by atoms with Crippen molar-refractivity contribution in [2.45, 2.75) is 6.42 Å². The number of likely N-dealkylation sites (N-methyl/N-ethyl adjacent to an activating group) is 1. The molecule has 1 unspecified atom stereocenters. The standard InChI is InChI=1S/C11H23N3O2.2ClH/c1-14(7-8-16-2)6-5-13-11(15)10-3-4-12-9-10;;/h10,12H,3-9H2,1-2H3,(H,13,15);2*1H. The zero-order valence-corrected chi connectivity index (χ0v) is 12.7. The fourth-order valence-corrected chi connectivity index (χ4v) is 1.75.